The molecular formula is C16H16ClN3O3. The van der Waals surface area contributed by atoms with Crippen LogP contribution in [0.2, 0.25) is 0 Å². The standard InChI is InChI=1S/C16H16ClN3O3/c1-9-18-8-10-7-11(16(21)20(23-3)15(10)19-9)14-12(17)5-4-6-13(14)22-2/h5,7-8H,4,6H2,1-3H3. The van der Waals surface area contributed by atoms with Crippen LogP contribution in [0, 0.1) is 6.92 Å². The number of allylic oxidation sites excluding steroid dienone is 4. The molecule has 2 aromatic heterocycles. The second-order valence-electron chi connectivity index (χ2n) is 5.13. The number of hydrogen-bond acceptors (Lipinski definition) is 5. The second kappa shape index (κ2) is 6.04. The fraction of sp³-hybridized carbons (Fsp3) is 0.312. The van der Waals surface area contributed by atoms with Crippen molar-refractivity contribution in [3.05, 3.63) is 50.9 Å². The molecule has 0 bridgehead atoms. The van der Waals surface area contributed by atoms with Crippen LogP contribution >= 0.6 is 11.6 Å². The predicted molar refractivity (Wildman–Crippen MR) is 88.1 cm³/mol. The molecule has 0 amide bonds. The van der Waals surface area contributed by atoms with Gasteiger partial charge in [0.1, 0.15) is 18.7 Å². The number of fused-ring (bicyclic) bond motifs is 1. The van der Waals surface area contributed by atoms with E-state index in [1.807, 2.05) is 6.08 Å². The molecule has 1 aliphatic rings. The Kier molecular flexibility index (Phi) is 4.09. The van der Waals surface area contributed by atoms with Crippen LogP contribution in [-0.4, -0.2) is 28.9 Å². The minimum absolute atomic E-state index is 0.337. The van der Waals surface area contributed by atoms with E-state index in [0.29, 0.717) is 45.2 Å². The van der Waals surface area contributed by atoms with Gasteiger partial charge in [-0.15, -0.1) is 4.73 Å². The topological polar surface area (TPSA) is 66.2 Å². The van der Waals surface area contributed by atoms with E-state index >= 15 is 0 Å². The number of hydrogen-bond donors (Lipinski definition) is 0. The largest absolute Gasteiger partial charge is 0.500 e. The van der Waals surface area contributed by atoms with Crippen LogP contribution < -0.4 is 10.4 Å². The summed E-state index contributed by atoms with van der Waals surface area (Å²) in [6, 6.07) is 1.72. The first kappa shape index (κ1) is 15.6. The molecule has 0 atom stereocenters. The Morgan fingerprint density at radius 1 is 1.35 bits per heavy atom. The summed E-state index contributed by atoms with van der Waals surface area (Å²) >= 11 is 6.34. The molecule has 23 heavy (non-hydrogen) atoms. The molecule has 0 unspecified atom stereocenters. The predicted octanol–water partition coefficient (Wildman–Crippen LogP) is 2.43. The molecule has 7 heteroatoms. The molecule has 120 valence electrons. The highest BCUT2D eigenvalue weighted by atomic mass is 35.5. The van der Waals surface area contributed by atoms with Gasteiger partial charge < -0.3 is 9.57 Å². The SMILES string of the molecule is COC1=C(c2cc3cnc(C)nc3n(OC)c2=O)C(Cl)=CCC1. The number of ether oxygens (including phenoxy) is 1. The third-order valence-electron chi connectivity index (χ3n) is 3.73. The van der Waals surface area contributed by atoms with E-state index in [-0.39, 0.29) is 5.56 Å². The molecule has 0 saturated heterocycles. The van der Waals surface area contributed by atoms with Gasteiger partial charge >= 0.3 is 0 Å². The van der Waals surface area contributed by atoms with E-state index in [4.69, 9.17) is 21.2 Å². The first-order valence-electron chi connectivity index (χ1n) is 7.14. The van der Waals surface area contributed by atoms with Crippen LogP contribution in [-0.2, 0) is 4.74 Å². The summed E-state index contributed by atoms with van der Waals surface area (Å²) in [5.41, 5.74) is 1.09. The van der Waals surface area contributed by atoms with Crippen LogP contribution in [0.1, 0.15) is 24.2 Å². The van der Waals surface area contributed by atoms with E-state index in [2.05, 4.69) is 9.97 Å². The number of halogens is 1. The van der Waals surface area contributed by atoms with Gasteiger partial charge in [-0.25, -0.2) is 9.97 Å². The minimum Gasteiger partial charge on any atom is -0.500 e. The molecule has 2 heterocycles. The zero-order valence-electron chi connectivity index (χ0n) is 13.1. The Labute approximate surface area is 138 Å². The summed E-state index contributed by atoms with van der Waals surface area (Å²) < 4.78 is 6.57. The third-order valence-corrected chi connectivity index (χ3v) is 4.08. The lowest BCUT2D eigenvalue weighted by Gasteiger charge is -2.18. The zero-order valence-corrected chi connectivity index (χ0v) is 13.8. The highest BCUT2D eigenvalue weighted by Crippen LogP contribution is 2.35. The van der Waals surface area contributed by atoms with Gasteiger partial charge in [0.2, 0.25) is 0 Å². The van der Waals surface area contributed by atoms with Crippen molar-refractivity contribution in [1.82, 2.24) is 14.7 Å². The summed E-state index contributed by atoms with van der Waals surface area (Å²) in [7, 11) is 3.00. The summed E-state index contributed by atoms with van der Waals surface area (Å²) in [6.45, 7) is 1.75. The van der Waals surface area contributed by atoms with E-state index in [1.165, 1.54) is 7.11 Å². The van der Waals surface area contributed by atoms with Gasteiger partial charge in [0.15, 0.2) is 5.65 Å². The van der Waals surface area contributed by atoms with Crippen molar-refractivity contribution in [2.75, 3.05) is 14.2 Å². The van der Waals surface area contributed by atoms with Crippen molar-refractivity contribution in [3.8, 4) is 0 Å². The number of nitrogens with zero attached hydrogens (tertiary/aromatic N) is 3. The van der Waals surface area contributed by atoms with Gasteiger partial charge in [0.05, 0.1) is 12.7 Å². The molecular weight excluding hydrogens is 318 g/mol. The average Bonchev–Trinajstić information content (AvgIpc) is 2.54. The van der Waals surface area contributed by atoms with Crippen LogP contribution in [0.4, 0.5) is 0 Å². The number of methoxy groups -OCH3 is 1. The van der Waals surface area contributed by atoms with E-state index in [0.717, 1.165) is 11.2 Å². The van der Waals surface area contributed by atoms with Crippen molar-refractivity contribution in [1.29, 1.82) is 0 Å². The van der Waals surface area contributed by atoms with Crippen molar-refractivity contribution in [2.24, 2.45) is 0 Å². The first-order valence-corrected chi connectivity index (χ1v) is 7.52. The van der Waals surface area contributed by atoms with Crippen LogP contribution in [0.15, 0.2) is 33.9 Å². The summed E-state index contributed by atoms with van der Waals surface area (Å²) in [4.78, 5) is 26.5. The van der Waals surface area contributed by atoms with E-state index in [1.54, 1.807) is 26.3 Å². The maximum atomic E-state index is 12.8. The highest BCUT2D eigenvalue weighted by Gasteiger charge is 2.23. The molecule has 0 saturated carbocycles. The average molecular weight is 334 g/mol. The summed E-state index contributed by atoms with van der Waals surface area (Å²) in [5.74, 6) is 1.24. The molecule has 0 spiro atoms. The zero-order chi connectivity index (χ0) is 16.6. The van der Waals surface area contributed by atoms with Gasteiger partial charge in [-0.05, 0) is 19.4 Å². The highest BCUT2D eigenvalue weighted by molar-refractivity contribution is 6.37. The third kappa shape index (κ3) is 2.59. The Balaban J connectivity index is 2.37. The maximum Gasteiger partial charge on any atom is 0.293 e. The minimum atomic E-state index is -0.337. The first-order chi connectivity index (χ1) is 11.1. The maximum absolute atomic E-state index is 12.8. The molecule has 0 aliphatic heterocycles. The molecule has 2 aromatic rings. The Bertz CT molecular complexity index is 899. The molecule has 0 radical (unpaired) electrons. The monoisotopic (exact) mass is 333 g/mol. The van der Waals surface area contributed by atoms with Crippen LogP contribution in [0.5, 0.6) is 0 Å². The van der Waals surface area contributed by atoms with Gasteiger partial charge in [-0.2, -0.15) is 0 Å². The summed E-state index contributed by atoms with van der Waals surface area (Å²) in [5, 5.41) is 1.19. The van der Waals surface area contributed by atoms with Gasteiger partial charge in [-0.3, -0.25) is 4.79 Å². The van der Waals surface area contributed by atoms with Gasteiger partial charge in [-0.1, -0.05) is 17.7 Å². The number of aryl methyl sites for hydroxylation is 1. The molecule has 6 nitrogen and oxygen atoms in total. The number of pyridine rings is 1. The summed E-state index contributed by atoms with van der Waals surface area (Å²) in [6.07, 6.45) is 5.01. The van der Waals surface area contributed by atoms with E-state index < -0.39 is 0 Å². The second-order valence-corrected chi connectivity index (χ2v) is 5.54. The quantitative estimate of drug-likeness (QED) is 0.863. The lowest BCUT2D eigenvalue weighted by Crippen LogP contribution is -2.29. The molecule has 1 aliphatic carbocycles. The Morgan fingerprint density at radius 3 is 2.83 bits per heavy atom. The fourth-order valence-electron chi connectivity index (χ4n) is 2.68. The number of aromatic nitrogens is 3. The van der Waals surface area contributed by atoms with Crippen molar-refractivity contribution < 1.29 is 9.57 Å². The van der Waals surface area contributed by atoms with Crippen LogP contribution in [0.25, 0.3) is 16.6 Å². The van der Waals surface area contributed by atoms with E-state index in [9.17, 15) is 4.79 Å². The normalized spacial score (nSPS) is 14.9. The van der Waals surface area contributed by atoms with Crippen molar-refractivity contribution in [2.45, 2.75) is 19.8 Å². The molecule has 0 aromatic carbocycles. The lowest BCUT2D eigenvalue weighted by molar-refractivity contribution is 0.167. The van der Waals surface area contributed by atoms with Crippen molar-refractivity contribution >= 4 is 28.2 Å². The molecule has 0 fully saturated rings. The fourth-order valence-corrected chi connectivity index (χ4v) is 2.99. The Hall–Kier alpha value is -2.34. The molecule has 3 rings (SSSR count). The lowest BCUT2D eigenvalue weighted by atomic mass is 9.98. The molecule has 0 N–H and O–H groups in total. The van der Waals surface area contributed by atoms with Crippen molar-refractivity contribution in [3.63, 3.8) is 0 Å². The Morgan fingerprint density at radius 2 is 2.13 bits per heavy atom. The van der Waals surface area contributed by atoms with Gasteiger partial charge in [0, 0.05) is 28.6 Å². The smallest absolute Gasteiger partial charge is 0.293 e. The number of rotatable bonds is 3. The van der Waals surface area contributed by atoms with Gasteiger partial charge in [0.25, 0.3) is 5.56 Å². The van der Waals surface area contributed by atoms with Crippen LogP contribution in [0.3, 0.4) is 0 Å².